The van der Waals surface area contributed by atoms with Crippen LogP contribution in [0.15, 0.2) is 28.3 Å². The molecule has 2 rings (SSSR count). The molecule has 1 atom stereocenters. The topological polar surface area (TPSA) is 75.4 Å². The number of thiazole rings is 1. The Balaban J connectivity index is 1.91. The lowest BCUT2D eigenvalue weighted by molar-refractivity contribution is 0.0696. The third kappa shape index (κ3) is 2.92. The van der Waals surface area contributed by atoms with E-state index in [4.69, 9.17) is 9.52 Å². The van der Waals surface area contributed by atoms with Gasteiger partial charge in [-0.25, -0.2) is 9.78 Å². The summed E-state index contributed by atoms with van der Waals surface area (Å²) in [5, 5.41) is 14.9. The second-order valence-corrected chi connectivity index (χ2v) is 4.51. The number of aromatic nitrogens is 1. The van der Waals surface area contributed by atoms with Crippen molar-refractivity contribution < 1.29 is 14.3 Å². The molecule has 0 fully saturated rings. The molecule has 0 radical (unpaired) electrons. The number of nitrogens with one attached hydrogen (secondary N) is 1. The predicted molar refractivity (Wildman–Crippen MR) is 63.0 cm³/mol. The van der Waals surface area contributed by atoms with Crippen LogP contribution in [-0.4, -0.2) is 16.1 Å². The fourth-order valence-electron chi connectivity index (χ4n) is 1.37. The first-order chi connectivity index (χ1) is 8.16. The first kappa shape index (κ1) is 11.8. The van der Waals surface area contributed by atoms with E-state index >= 15 is 0 Å². The molecule has 0 bridgehead atoms. The Bertz CT molecular complexity index is 493. The van der Waals surface area contributed by atoms with Gasteiger partial charge < -0.3 is 14.8 Å². The van der Waals surface area contributed by atoms with E-state index in [-0.39, 0.29) is 11.6 Å². The fraction of sp³-hybridized carbons (Fsp3) is 0.273. The van der Waals surface area contributed by atoms with Crippen molar-refractivity contribution >= 4 is 17.3 Å². The second kappa shape index (κ2) is 5.11. The molecule has 0 aliphatic carbocycles. The summed E-state index contributed by atoms with van der Waals surface area (Å²) in [6, 6.07) is 1.64. The van der Waals surface area contributed by atoms with Crippen LogP contribution in [0.25, 0.3) is 0 Å². The highest BCUT2D eigenvalue weighted by molar-refractivity contribution is 7.09. The van der Waals surface area contributed by atoms with Crippen LogP contribution in [-0.2, 0) is 6.54 Å². The van der Waals surface area contributed by atoms with Crippen molar-refractivity contribution in [1.82, 2.24) is 10.3 Å². The smallest absolute Gasteiger partial charge is 0.338 e. The third-order valence-corrected chi connectivity index (χ3v) is 3.26. The van der Waals surface area contributed by atoms with Crippen LogP contribution in [0.1, 0.15) is 34.1 Å². The number of furan rings is 1. The highest BCUT2D eigenvalue weighted by atomic mass is 32.1. The van der Waals surface area contributed by atoms with Crippen LogP contribution in [0, 0.1) is 0 Å². The van der Waals surface area contributed by atoms with E-state index in [0.717, 1.165) is 5.01 Å². The minimum atomic E-state index is -0.979. The van der Waals surface area contributed by atoms with E-state index < -0.39 is 5.97 Å². The Labute approximate surface area is 102 Å². The van der Waals surface area contributed by atoms with Gasteiger partial charge in [0.1, 0.15) is 17.0 Å². The molecule has 5 nitrogen and oxygen atoms in total. The van der Waals surface area contributed by atoms with Crippen molar-refractivity contribution in [2.45, 2.75) is 19.5 Å². The van der Waals surface area contributed by atoms with Gasteiger partial charge in [0.05, 0.1) is 18.2 Å². The average Bonchev–Trinajstić information content (AvgIpc) is 2.97. The molecule has 2 N–H and O–H groups in total. The maximum absolute atomic E-state index is 10.7. The molecule has 2 aromatic rings. The van der Waals surface area contributed by atoms with Crippen LogP contribution >= 0.6 is 11.3 Å². The van der Waals surface area contributed by atoms with E-state index in [1.165, 1.54) is 12.3 Å². The van der Waals surface area contributed by atoms with Crippen molar-refractivity contribution in [2.75, 3.05) is 0 Å². The Hall–Kier alpha value is -1.66. The lowest BCUT2D eigenvalue weighted by Crippen LogP contribution is -2.17. The molecule has 0 aromatic carbocycles. The van der Waals surface area contributed by atoms with Gasteiger partial charge in [0.15, 0.2) is 0 Å². The van der Waals surface area contributed by atoms with E-state index in [2.05, 4.69) is 10.3 Å². The highest BCUT2D eigenvalue weighted by Crippen LogP contribution is 2.16. The Morgan fingerprint density at radius 1 is 1.71 bits per heavy atom. The molecule has 0 aliphatic rings. The van der Waals surface area contributed by atoms with Crippen molar-refractivity contribution in [3.63, 3.8) is 0 Å². The van der Waals surface area contributed by atoms with E-state index in [9.17, 15) is 4.79 Å². The summed E-state index contributed by atoms with van der Waals surface area (Å²) in [6.07, 6.45) is 3.00. The molecule has 2 aromatic heterocycles. The fourth-order valence-corrected chi connectivity index (χ4v) is 2.05. The molecule has 2 heterocycles. The van der Waals surface area contributed by atoms with Crippen molar-refractivity contribution in [1.29, 1.82) is 0 Å². The van der Waals surface area contributed by atoms with Gasteiger partial charge in [-0.3, -0.25) is 0 Å². The molecule has 6 heteroatoms. The standard InChI is InChI=1S/C11H12N2O3S/c1-7(10-12-2-3-17-10)13-5-9-4-8(6-16-9)11(14)15/h2-4,6-7,13H,5H2,1H3,(H,14,15). The third-order valence-electron chi connectivity index (χ3n) is 2.31. The summed E-state index contributed by atoms with van der Waals surface area (Å²) in [6.45, 7) is 2.48. The maximum atomic E-state index is 10.7. The van der Waals surface area contributed by atoms with Gasteiger partial charge in [-0.2, -0.15) is 0 Å². The van der Waals surface area contributed by atoms with Crippen LogP contribution in [0.5, 0.6) is 0 Å². The van der Waals surface area contributed by atoms with Gasteiger partial charge in [-0.05, 0) is 13.0 Å². The predicted octanol–water partition coefficient (Wildman–Crippen LogP) is 2.29. The number of hydrogen-bond donors (Lipinski definition) is 2. The molecule has 1 unspecified atom stereocenters. The van der Waals surface area contributed by atoms with E-state index in [0.29, 0.717) is 12.3 Å². The largest absolute Gasteiger partial charge is 0.478 e. The van der Waals surface area contributed by atoms with Gasteiger partial charge in [-0.15, -0.1) is 11.3 Å². The Morgan fingerprint density at radius 3 is 3.12 bits per heavy atom. The van der Waals surface area contributed by atoms with Crippen molar-refractivity contribution in [2.24, 2.45) is 0 Å². The Kier molecular flexibility index (Phi) is 3.55. The molecule has 0 amide bonds. The van der Waals surface area contributed by atoms with Gasteiger partial charge in [0, 0.05) is 11.6 Å². The average molecular weight is 252 g/mol. The number of carboxylic acid groups (broad SMARTS) is 1. The summed E-state index contributed by atoms with van der Waals surface area (Å²) in [4.78, 5) is 14.8. The van der Waals surface area contributed by atoms with Gasteiger partial charge >= 0.3 is 5.97 Å². The van der Waals surface area contributed by atoms with Crippen LogP contribution in [0.3, 0.4) is 0 Å². The molecule has 0 saturated carbocycles. The minimum absolute atomic E-state index is 0.119. The summed E-state index contributed by atoms with van der Waals surface area (Å²) in [7, 11) is 0. The zero-order valence-electron chi connectivity index (χ0n) is 9.21. The lowest BCUT2D eigenvalue weighted by Gasteiger charge is -2.08. The zero-order valence-corrected chi connectivity index (χ0v) is 10.0. The molecule has 0 spiro atoms. The SMILES string of the molecule is CC(NCc1cc(C(=O)O)co1)c1nccs1. The minimum Gasteiger partial charge on any atom is -0.478 e. The Morgan fingerprint density at radius 2 is 2.53 bits per heavy atom. The molecule has 17 heavy (non-hydrogen) atoms. The number of hydrogen-bond acceptors (Lipinski definition) is 5. The van der Waals surface area contributed by atoms with Crippen LogP contribution in [0.2, 0.25) is 0 Å². The van der Waals surface area contributed by atoms with Crippen LogP contribution < -0.4 is 5.32 Å². The van der Waals surface area contributed by atoms with Crippen LogP contribution in [0.4, 0.5) is 0 Å². The molecule has 90 valence electrons. The van der Waals surface area contributed by atoms with Gasteiger partial charge in [0.2, 0.25) is 0 Å². The lowest BCUT2D eigenvalue weighted by atomic mass is 10.3. The number of carbonyl (C=O) groups is 1. The molecular weight excluding hydrogens is 240 g/mol. The number of rotatable bonds is 5. The molecular formula is C11H12N2O3S. The molecule has 0 saturated heterocycles. The summed E-state index contributed by atoms with van der Waals surface area (Å²) < 4.78 is 5.13. The first-order valence-electron chi connectivity index (χ1n) is 5.10. The summed E-state index contributed by atoms with van der Waals surface area (Å²) in [5.74, 6) is -0.376. The van der Waals surface area contributed by atoms with Gasteiger partial charge in [0.25, 0.3) is 0 Å². The number of nitrogens with zero attached hydrogens (tertiary/aromatic N) is 1. The van der Waals surface area contributed by atoms with Crippen molar-refractivity contribution in [3.8, 4) is 0 Å². The monoisotopic (exact) mass is 252 g/mol. The maximum Gasteiger partial charge on any atom is 0.338 e. The second-order valence-electron chi connectivity index (χ2n) is 3.58. The highest BCUT2D eigenvalue weighted by Gasteiger charge is 2.11. The molecule has 0 aliphatic heterocycles. The first-order valence-corrected chi connectivity index (χ1v) is 5.98. The number of aromatic carboxylic acids is 1. The number of carboxylic acids is 1. The van der Waals surface area contributed by atoms with Gasteiger partial charge in [-0.1, -0.05) is 0 Å². The quantitative estimate of drug-likeness (QED) is 0.853. The van der Waals surface area contributed by atoms with E-state index in [1.54, 1.807) is 17.5 Å². The van der Waals surface area contributed by atoms with E-state index in [1.807, 2.05) is 12.3 Å². The normalized spacial score (nSPS) is 12.5. The zero-order chi connectivity index (χ0) is 12.3. The summed E-state index contributed by atoms with van der Waals surface area (Å²) >= 11 is 1.58. The van der Waals surface area contributed by atoms with Crippen molar-refractivity contribution in [3.05, 3.63) is 40.2 Å². The summed E-state index contributed by atoms with van der Waals surface area (Å²) in [5.41, 5.74) is 0.170.